The Morgan fingerprint density at radius 3 is 2.25 bits per heavy atom. The average molecular weight is 332 g/mol. The van der Waals surface area contributed by atoms with Crippen LogP contribution in [0, 0.1) is 5.41 Å². The Morgan fingerprint density at radius 1 is 1.12 bits per heavy atom. The minimum Gasteiger partial charge on any atom is -0.353 e. The van der Waals surface area contributed by atoms with Crippen LogP contribution in [0.4, 0.5) is 5.82 Å². The van der Waals surface area contributed by atoms with Crippen LogP contribution >= 0.6 is 0 Å². The van der Waals surface area contributed by atoms with E-state index in [1.165, 1.54) is 0 Å². The molecule has 24 heavy (non-hydrogen) atoms. The maximum absolute atomic E-state index is 12.9. The molecule has 0 aliphatic carbocycles. The molecule has 0 unspecified atom stereocenters. The maximum atomic E-state index is 12.9. The maximum Gasteiger partial charge on any atom is 0.237 e. The van der Waals surface area contributed by atoms with Gasteiger partial charge in [0.25, 0.3) is 0 Å². The van der Waals surface area contributed by atoms with Crippen molar-refractivity contribution in [1.82, 2.24) is 14.8 Å². The summed E-state index contributed by atoms with van der Waals surface area (Å²) in [5, 5.41) is 0. The Labute approximate surface area is 144 Å². The molecule has 6 heteroatoms. The molecule has 0 bridgehead atoms. The smallest absolute Gasteiger partial charge is 0.237 e. The third-order valence-corrected chi connectivity index (χ3v) is 4.66. The number of nitrogens with zero attached hydrogens (tertiary/aromatic N) is 4. The fourth-order valence-electron chi connectivity index (χ4n) is 3.07. The summed E-state index contributed by atoms with van der Waals surface area (Å²) in [5.41, 5.74) is -1.01. The van der Waals surface area contributed by atoms with E-state index in [2.05, 4.69) is 9.88 Å². The second kappa shape index (κ2) is 7.64. The van der Waals surface area contributed by atoms with Crippen LogP contribution in [0.15, 0.2) is 24.4 Å². The van der Waals surface area contributed by atoms with Crippen molar-refractivity contribution < 1.29 is 9.59 Å². The van der Waals surface area contributed by atoms with Crippen LogP contribution in [-0.2, 0) is 9.59 Å². The Bertz CT molecular complexity index is 562. The molecule has 0 aromatic carbocycles. The van der Waals surface area contributed by atoms with E-state index in [1.54, 1.807) is 29.8 Å². The first-order chi connectivity index (χ1) is 11.4. The molecule has 2 rings (SSSR count). The lowest BCUT2D eigenvalue weighted by Gasteiger charge is -2.39. The van der Waals surface area contributed by atoms with Crippen molar-refractivity contribution in [3.8, 4) is 0 Å². The predicted molar refractivity (Wildman–Crippen MR) is 94.7 cm³/mol. The van der Waals surface area contributed by atoms with E-state index in [1.807, 2.05) is 32.0 Å². The van der Waals surface area contributed by atoms with Crippen molar-refractivity contribution in [2.75, 3.05) is 44.2 Å². The average Bonchev–Trinajstić information content (AvgIpc) is 2.63. The standard InChI is InChI=1S/C18H28N4O2/c1-5-20(6-2)16(23)18(3,4)17(24)22-13-11-21(12-14-22)15-9-7-8-10-19-15/h7-10H,5-6,11-14H2,1-4H3. The largest absolute Gasteiger partial charge is 0.353 e. The van der Waals surface area contributed by atoms with E-state index in [9.17, 15) is 9.59 Å². The van der Waals surface area contributed by atoms with Crippen LogP contribution in [-0.4, -0.2) is 65.9 Å². The topological polar surface area (TPSA) is 56.8 Å². The van der Waals surface area contributed by atoms with Crippen molar-refractivity contribution in [2.45, 2.75) is 27.7 Å². The number of hydrogen-bond acceptors (Lipinski definition) is 4. The summed E-state index contributed by atoms with van der Waals surface area (Å²) < 4.78 is 0. The predicted octanol–water partition coefficient (Wildman–Crippen LogP) is 1.62. The summed E-state index contributed by atoms with van der Waals surface area (Å²) in [6.45, 7) is 11.3. The Kier molecular flexibility index (Phi) is 5.80. The van der Waals surface area contributed by atoms with Gasteiger partial charge in [0.05, 0.1) is 0 Å². The monoisotopic (exact) mass is 332 g/mol. The molecule has 6 nitrogen and oxygen atoms in total. The molecular formula is C18H28N4O2. The van der Waals surface area contributed by atoms with Gasteiger partial charge in [-0.25, -0.2) is 4.98 Å². The minimum absolute atomic E-state index is 0.0833. The van der Waals surface area contributed by atoms with Crippen molar-refractivity contribution in [2.24, 2.45) is 5.41 Å². The molecule has 0 saturated carbocycles. The zero-order chi connectivity index (χ0) is 17.7. The molecule has 1 aliphatic rings. The third-order valence-electron chi connectivity index (χ3n) is 4.66. The molecular weight excluding hydrogens is 304 g/mol. The quantitative estimate of drug-likeness (QED) is 0.769. The van der Waals surface area contributed by atoms with Gasteiger partial charge in [0.2, 0.25) is 11.8 Å². The third kappa shape index (κ3) is 3.68. The number of anilines is 1. The first-order valence-corrected chi connectivity index (χ1v) is 8.66. The van der Waals surface area contributed by atoms with Gasteiger partial charge in [0, 0.05) is 45.5 Å². The Hall–Kier alpha value is -2.11. The highest BCUT2D eigenvalue weighted by Crippen LogP contribution is 2.24. The molecule has 1 aromatic heterocycles. The highest BCUT2D eigenvalue weighted by Gasteiger charge is 2.41. The second-order valence-corrected chi connectivity index (χ2v) is 6.57. The van der Waals surface area contributed by atoms with Crippen molar-refractivity contribution in [1.29, 1.82) is 0 Å². The van der Waals surface area contributed by atoms with Gasteiger partial charge in [0.15, 0.2) is 0 Å². The van der Waals surface area contributed by atoms with E-state index in [4.69, 9.17) is 0 Å². The molecule has 1 fully saturated rings. The summed E-state index contributed by atoms with van der Waals surface area (Å²) >= 11 is 0. The van der Waals surface area contributed by atoms with Crippen molar-refractivity contribution in [3.63, 3.8) is 0 Å². The van der Waals surface area contributed by atoms with Gasteiger partial charge in [-0.1, -0.05) is 6.07 Å². The molecule has 0 radical (unpaired) electrons. The lowest BCUT2D eigenvalue weighted by atomic mass is 9.89. The van der Waals surface area contributed by atoms with Gasteiger partial charge in [0.1, 0.15) is 11.2 Å². The highest BCUT2D eigenvalue weighted by atomic mass is 16.2. The van der Waals surface area contributed by atoms with E-state index < -0.39 is 5.41 Å². The van der Waals surface area contributed by atoms with Crippen LogP contribution in [0.25, 0.3) is 0 Å². The van der Waals surface area contributed by atoms with Crippen LogP contribution in [0.2, 0.25) is 0 Å². The van der Waals surface area contributed by atoms with E-state index in [0.717, 1.165) is 18.9 Å². The van der Waals surface area contributed by atoms with E-state index >= 15 is 0 Å². The highest BCUT2D eigenvalue weighted by molar-refractivity contribution is 6.04. The number of pyridine rings is 1. The molecule has 1 aliphatic heterocycles. The molecule has 2 heterocycles. The number of amides is 2. The molecule has 1 saturated heterocycles. The van der Waals surface area contributed by atoms with E-state index in [-0.39, 0.29) is 11.8 Å². The first kappa shape index (κ1) is 18.2. The number of carbonyl (C=O) groups is 2. The number of aromatic nitrogens is 1. The van der Waals surface area contributed by atoms with Gasteiger partial charge in [-0.2, -0.15) is 0 Å². The lowest BCUT2D eigenvalue weighted by molar-refractivity contribution is -0.154. The first-order valence-electron chi connectivity index (χ1n) is 8.66. The summed E-state index contributed by atoms with van der Waals surface area (Å²) in [5.74, 6) is 0.757. The van der Waals surface area contributed by atoms with Crippen LogP contribution in [0.1, 0.15) is 27.7 Å². The number of piperazine rings is 1. The summed E-state index contributed by atoms with van der Waals surface area (Å²) in [6.07, 6.45) is 1.78. The molecule has 1 aromatic rings. The number of rotatable bonds is 5. The van der Waals surface area contributed by atoms with Gasteiger partial charge in [-0.3, -0.25) is 9.59 Å². The summed E-state index contributed by atoms with van der Waals surface area (Å²) in [7, 11) is 0. The zero-order valence-corrected chi connectivity index (χ0v) is 15.2. The minimum atomic E-state index is -1.01. The number of hydrogen-bond donors (Lipinski definition) is 0. The fraction of sp³-hybridized carbons (Fsp3) is 0.611. The van der Waals surface area contributed by atoms with Crippen LogP contribution < -0.4 is 4.90 Å². The van der Waals surface area contributed by atoms with Gasteiger partial charge in [-0.05, 0) is 39.8 Å². The SMILES string of the molecule is CCN(CC)C(=O)C(C)(C)C(=O)N1CCN(c2ccccn2)CC1. The summed E-state index contributed by atoms with van der Waals surface area (Å²) in [4.78, 5) is 35.6. The summed E-state index contributed by atoms with van der Waals surface area (Å²) in [6, 6.07) is 5.83. The van der Waals surface area contributed by atoms with E-state index in [0.29, 0.717) is 26.2 Å². The Morgan fingerprint density at radius 2 is 1.75 bits per heavy atom. The molecule has 132 valence electrons. The van der Waals surface area contributed by atoms with Crippen LogP contribution in [0.5, 0.6) is 0 Å². The lowest BCUT2D eigenvalue weighted by Crippen LogP contribution is -2.56. The normalized spacial score (nSPS) is 15.3. The molecule has 0 spiro atoms. The molecule has 0 N–H and O–H groups in total. The van der Waals surface area contributed by atoms with Gasteiger partial charge < -0.3 is 14.7 Å². The van der Waals surface area contributed by atoms with Gasteiger partial charge in [-0.15, -0.1) is 0 Å². The number of carbonyl (C=O) groups excluding carboxylic acids is 2. The van der Waals surface area contributed by atoms with Crippen LogP contribution in [0.3, 0.4) is 0 Å². The van der Waals surface area contributed by atoms with Gasteiger partial charge >= 0.3 is 0 Å². The van der Waals surface area contributed by atoms with Crippen molar-refractivity contribution >= 4 is 17.6 Å². The molecule has 0 atom stereocenters. The molecule has 2 amide bonds. The Balaban J connectivity index is 2.00. The second-order valence-electron chi connectivity index (χ2n) is 6.57. The fourth-order valence-corrected chi connectivity index (χ4v) is 3.07. The zero-order valence-electron chi connectivity index (χ0n) is 15.2. The van der Waals surface area contributed by atoms with Crippen molar-refractivity contribution in [3.05, 3.63) is 24.4 Å².